The number of amidine groups is 1. The molecule has 3 N–H and O–H groups in total. The Labute approximate surface area is 222 Å². The van der Waals surface area contributed by atoms with Crippen molar-refractivity contribution in [3.8, 4) is 0 Å². The van der Waals surface area contributed by atoms with E-state index < -0.39 is 11.7 Å². The van der Waals surface area contributed by atoms with Gasteiger partial charge in [-0.25, -0.2) is 9.37 Å². The van der Waals surface area contributed by atoms with E-state index in [-0.39, 0.29) is 29.0 Å². The number of carbonyl (C=O) groups excluding carboxylic acids is 1. The minimum absolute atomic E-state index is 0.0288. The monoisotopic (exact) mass is 516 g/mol. The van der Waals surface area contributed by atoms with Crippen molar-refractivity contribution in [1.82, 2.24) is 14.8 Å². The maximum absolute atomic E-state index is 14.8. The van der Waals surface area contributed by atoms with E-state index >= 15 is 0 Å². The van der Waals surface area contributed by atoms with Crippen LogP contribution in [0.2, 0.25) is 0 Å². The Morgan fingerprint density at radius 2 is 1.89 bits per heavy atom. The van der Waals surface area contributed by atoms with Gasteiger partial charge in [-0.3, -0.25) is 15.6 Å². The van der Waals surface area contributed by atoms with Crippen molar-refractivity contribution in [2.45, 2.75) is 26.5 Å². The highest BCUT2D eigenvalue weighted by atomic mass is 19.1. The zero-order valence-corrected chi connectivity index (χ0v) is 21.8. The van der Waals surface area contributed by atoms with Crippen LogP contribution >= 0.6 is 0 Å². The van der Waals surface area contributed by atoms with Gasteiger partial charge < -0.3 is 19.9 Å². The number of amides is 1. The van der Waals surface area contributed by atoms with Gasteiger partial charge in [0, 0.05) is 19.6 Å². The lowest BCUT2D eigenvalue weighted by atomic mass is 10.1. The molecule has 0 unspecified atom stereocenters. The van der Waals surface area contributed by atoms with E-state index in [0.717, 1.165) is 11.9 Å². The molecule has 0 atom stereocenters. The van der Waals surface area contributed by atoms with E-state index in [1.807, 2.05) is 62.3 Å². The highest BCUT2D eigenvalue weighted by molar-refractivity contribution is 6.05. The molecular weight excluding hydrogens is 483 g/mol. The summed E-state index contributed by atoms with van der Waals surface area (Å²) in [6.07, 6.45) is 4.66. The summed E-state index contributed by atoms with van der Waals surface area (Å²) in [6.45, 7) is 5.48. The molecule has 0 bridgehead atoms. The summed E-state index contributed by atoms with van der Waals surface area (Å²) in [5, 5.41) is 18.4. The fraction of sp³-hybridized carbons (Fsp3) is 0.241. The zero-order valence-electron chi connectivity index (χ0n) is 21.8. The number of ether oxygens (including phenoxy) is 1. The Hall–Kier alpha value is -4.37. The third-order valence-corrected chi connectivity index (χ3v) is 5.65. The van der Waals surface area contributed by atoms with Crippen LogP contribution in [-0.4, -0.2) is 59.1 Å². The van der Waals surface area contributed by atoms with Crippen LogP contribution in [0.1, 0.15) is 41.0 Å². The largest absolute Gasteiger partial charge is 0.378 e. The first kappa shape index (κ1) is 28.2. The summed E-state index contributed by atoms with van der Waals surface area (Å²) in [4.78, 5) is 20.4. The van der Waals surface area contributed by atoms with Gasteiger partial charge in [0.05, 0.1) is 25.1 Å². The van der Waals surface area contributed by atoms with Crippen molar-refractivity contribution in [1.29, 1.82) is 10.8 Å². The number of halogens is 1. The summed E-state index contributed by atoms with van der Waals surface area (Å²) in [7, 11) is 1.91. The molecule has 9 heteroatoms. The van der Waals surface area contributed by atoms with Crippen LogP contribution in [0.15, 0.2) is 72.9 Å². The molecule has 1 aromatic heterocycles. The Bertz CT molecular complexity index is 1280. The third kappa shape index (κ3) is 8.07. The molecule has 0 saturated carbocycles. The summed E-state index contributed by atoms with van der Waals surface area (Å²) in [5.41, 5.74) is 1.91. The second-order valence-corrected chi connectivity index (χ2v) is 8.91. The molecule has 3 aromatic rings. The number of carbonyl (C=O) groups is 1. The number of likely N-dealkylation sites (N-methyl/N-ethyl adjacent to an activating group) is 1. The Morgan fingerprint density at radius 3 is 2.58 bits per heavy atom. The fourth-order valence-electron chi connectivity index (χ4n) is 3.50. The maximum atomic E-state index is 14.8. The number of nitrogens with zero attached hydrogens (tertiary/aromatic N) is 3. The number of nitrogens with one attached hydrogen (secondary N) is 3. The van der Waals surface area contributed by atoms with E-state index in [2.05, 4.69) is 10.3 Å². The molecule has 0 aliphatic rings. The van der Waals surface area contributed by atoms with Gasteiger partial charge in [-0.1, -0.05) is 42.5 Å². The maximum Gasteiger partial charge on any atom is 0.259 e. The first-order valence-corrected chi connectivity index (χ1v) is 12.2. The van der Waals surface area contributed by atoms with Crippen molar-refractivity contribution in [3.63, 3.8) is 0 Å². The van der Waals surface area contributed by atoms with Crippen molar-refractivity contribution >= 4 is 30.0 Å². The van der Waals surface area contributed by atoms with Gasteiger partial charge in [-0.05, 0) is 61.5 Å². The van der Waals surface area contributed by atoms with E-state index in [4.69, 9.17) is 15.6 Å². The molecule has 38 heavy (non-hydrogen) atoms. The molecule has 0 spiro atoms. The summed E-state index contributed by atoms with van der Waals surface area (Å²) in [6, 6.07) is 19.1. The number of benzene rings is 2. The second kappa shape index (κ2) is 13.8. The minimum atomic E-state index is -0.655. The molecule has 1 amide bonds. The predicted octanol–water partition coefficient (Wildman–Crippen LogP) is 5.24. The zero-order chi connectivity index (χ0) is 27.5. The van der Waals surface area contributed by atoms with Gasteiger partial charge in [0.25, 0.3) is 5.91 Å². The van der Waals surface area contributed by atoms with Crippen LogP contribution in [0.4, 0.5) is 10.2 Å². The molecule has 0 aliphatic heterocycles. The normalized spacial score (nSPS) is 11.0. The average Bonchev–Trinajstić information content (AvgIpc) is 2.90. The van der Waals surface area contributed by atoms with Crippen molar-refractivity contribution < 1.29 is 13.9 Å². The smallest absolute Gasteiger partial charge is 0.259 e. The molecule has 8 nitrogen and oxygen atoms in total. The van der Waals surface area contributed by atoms with Crippen LogP contribution in [0, 0.1) is 16.6 Å². The van der Waals surface area contributed by atoms with Crippen LogP contribution in [0.3, 0.4) is 0 Å². The lowest BCUT2D eigenvalue weighted by Gasteiger charge is -2.23. The molecular formula is C29H33FN6O2. The fourth-order valence-corrected chi connectivity index (χ4v) is 3.50. The quantitative estimate of drug-likeness (QED) is 0.174. The van der Waals surface area contributed by atoms with Gasteiger partial charge in [0.15, 0.2) is 5.84 Å². The molecule has 0 fully saturated rings. The number of aromatic nitrogens is 1. The first-order valence-electron chi connectivity index (χ1n) is 12.2. The minimum Gasteiger partial charge on any atom is -0.378 e. The summed E-state index contributed by atoms with van der Waals surface area (Å²) >= 11 is 0. The SMILES string of the molecule is CC(C)N(C=N)C(=N)c1cccc(NC(=O)c2ccc(/C=C\N(C)CCOCc3ccccc3)cc2F)n1. The molecule has 2 aromatic carbocycles. The number of anilines is 1. The topological polar surface area (TPSA) is 105 Å². The molecule has 1 heterocycles. The van der Waals surface area contributed by atoms with Crippen molar-refractivity contribution in [3.05, 3.63) is 101 Å². The van der Waals surface area contributed by atoms with Gasteiger partial charge in [0.1, 0.15) is 17.3 Å². The number of hydrogen-bond donors (Lipinski definition) is 3. The van der Waals surface area contributed by atoms with E-state index in [0.29, 0.717) is 25.3 Å². The first-order chi connectivity index (χ1) is 18.3. The van der Waals surface area contributed by atoms with E-state index in [9.17, 15) is 9.18 Å². The summed E-state index contributed by atoms with van der Waals surface area (Å²) in [5.74, 6) is -1.08. The summed E-state index contributed by atoms with van der Waals surface area (Å²) < 4.78 is 20.5. The number of hydrogen-bond acceptors (Lipinski definition) is 6. The van der Waals surface area contributed by atoms with Crippen LogP contribution < -0.4 is 5.32 Å². The van der Waals surface area contributed by atoms with Crippen molar-refractivity contribution in [2.75, 3.05) is 25.5 Å². The van der Waals surface area contributed by atoms with Crippen molar-refractivity contribution in [2.24, 2.45) is 0 Å². The van der Waals surface area contributed by atoms with Gasteiger partial charge in [-0.2, -0.15) is 0 Å². The molecule has 0 aliphatic carbocycles. The van der Waals surface area contributed by atoms with Crippen LogP contribution in [0.5, 0.6) is 0 Å². The highest BCUT2D eigenvalue weighted by Gasteiger charge is 2.16. The predicted molar refractivity (Wildman–Crippen MR) is 149 cm³/mol. The molecule has 198 valence electrons. The lowest BCUT2D eigenvalue weighted by molar-refractivity contribution is 0.102. The third-order valence-electron chi connectivity index (χ3n) is 5.65. The van der Waals surface area contributed by atoms with Gasteiger partial charge in [0.2, 0.25) is 0 Å². The van der Waals surface area contributed by atoms with Gasteiger partial charge in [-0.15, -0.1) is 0 Å². The van der Waals surface area contributed by atoms with E-state index in [1.165, 1.54) is 17.0 Å². The van der Waals surface area contributed by atoms with Crippen LogP contribution in [0.25, 0.3) is 6.08 Å². The standard InChI is InChI=1S/C29H33FN6O2/c1-21(2)36(20-31)28(32)26-10-7-11-27(33-26)34-29(37)24-13-12-22(18-25(24)30)14-15-35(3)16-17-38-19-23-8-5-4-6-9-23/h4-15,18,20-21,31-32H,16-17,19H2,1-3H3,(H,33,34,37)/b15-14-,31-20?,32-28?. The second-order valence-electron chi connectivity index (χ2n) is 8.91. The Morgan fingerprint density at radius 1 is 1.13 bits per heavy atom. The van der Waals surface area contributed by atoms with E-state index in [1.54, 1.807) is 30.3 Å². The average molecular weight is 517 g/mol. The Balaban J connectivity index is 1.55. The molecule has 0 radical (unpaired) electrons. The highest BCUT2D eigenvalue weighted by Crippen LogP contribution is 2.15. The number of rotatable bonds is 12. The number of pyridine rings is 1. The lowest BCUT2D eigenvalue weighted by Crippen LogP contribution is -2.36. The molecule has 0 saturated heterocycles. The van der Waals surface area contributed by atoms with Gasteiger partial charge >= 0.3 is 0 Å². The van der Waals surface area contributed by atoms with Crippen LogP contribution in [-0.2, 0) is 11.3 Å². The molecule has 3 rings (SSSR count). The Kier molecular flexibility index (Phi) is 10.2.